The van der Waals surface area contributed by atoms with Gasteiger partial charge in [-0.15, -0.1) is 0 Å². The maximum absolute atomic E-state index is 11.8. The summed E-state index contributed by atoms with van der Waals surface area (Å²) in [5, 5.41) is 34.7. The smallest absolute Gasteiger partial charge is 0.128 e. The van der Waals surface area contributed by atoms with Gasteiger partial charge in [0.2, 0.25) is 0 Å². The van der Waals surface area contributed by atoms with E-state index >= 15 is 0 Å². The second kappa shape index (κ2) is 9.71. The van der Waals surface area contributed by atoms with E-state index in [-0.39, 0.29) is 35.1 Å². The highest BCUT2D eigenvalue weighted by molar-refractivity contribution is 5.79. The van der Waals surface area contributed by atoms with Gasteiger partial charge in [-0.1, -0.05) is 20.8 Å². The minimum Gasteiger partial charge on any atom is -0.497 e. The summed E-state index contributed by atoms with van der Waals surface area (Å²) in [6.07, 6.45) is 9.31. The van der Waals surface area contributed by atoms with Crippen LogP contribution in [0.25, 0.3) is 10.9 Å². The third-order valence-corrected chi connectivity index (χ3v) is 12.2. The molecule has 208 valence electrons. The summed E-state index contributed by atoms with van der Waals surface area (Å²) in [6, 6.07) is 5.90. The Hall–Kier alpha value is -1.76. The van der Waals surface area contributed by atoms with Crippen molar-refractivity contribution in [2.45, 2.75) is 96.9 Å². The van der Waals surface area contributed by atoms with E-state index in [9.17, 15) is 15.3 Å². The molecule has 11 atom stereocenters. The number of aromatic nitrogens is 2. The maximum atomic E-state index is 11.8. The van der Waals surface area contributed by atoms with Gasteiger partial charge in [-0.3, -0.25) is 0 Å². The molecule has 0 bridgehead atoms. The highest BCUT2D eigenvalue weighted by Crippen LogP contribution is 2.68. The van der Waals surface area contributed by atoms with E-state index in [4.69, 9.17) is 9.72 Å². The SMILES string of the molecule is COc1ccc2nc(CC[C@@H](C)[C@H]3CC[C@H]4[C@H]5C(C[C@H](O)[C@]34C)[C@@]3(C)CC[C@@H](O)C[C@H]3C[C@H]5O)ncc2c1. The fourth-order valence-corrected chi connectivity index (χ4v) is 9.99. The van der Waals surface area contributed by atoms with E-state index in [2.05, 4.69) is 25.8 Å². The molecule has 4 fully saturated rings. The van der Waals surface area contributed by atoms with Gasteiger partial charge in [0.05, 0.1) is 30.9 Å². The zero-order valence-electron chi connectivity index (χ0n) is 23.5. The standard InChI is InChI=1S/C32H46N2O4/c1-18(5-10-29-33-17-19-13-22(38-4)6-9-26(19)34-29)23-7-8-24-30-25(16-28(37)32(23,24)3)31(2)12-11-21(35)14-20(31)15-27(30)36/h6,9,13,17-18,20-21,23-25,27-28,30,35-37H,5,7-8,10-12,14-16H2,1-4H3/t18-,20+,21-,23-,24+,25?,27-,28+,30+,31+,32-/m1/s1. The summed E-state index contributed by atoms with van der Waals surface area (Å²) >= 11 is 0. The number of benzene rings is 1. The first-order valence-electron chi connectivity index (χ1n) is 15.0. The van der Waals surface area contributed by atoms with E-state index in [0.29, 0.717) is 29.6 Å². The fourth-order valence-electron chi connectivity index (χ4n) is 9.99. The van der Waals surface area contributed by atoms with Gasteiger partial charge >= 0.3 is 0 Å². The van der Waals surface area contributed by atoms with Crippen molar-refractivity contribution < 1.29 is 20.1 Å². The largest absolute Gasteiger partial charge is 0.497 e. The van der Waals surface area contributed by atoms with Gasteiger partial charge in [0.1, 0.15) is 11.6 Å². The van der Waals surface area contributed by atoms with Gasteiger partial charge in [0, 0.05) is 18.0 Å². The summed E-state index contributed by atoms with van der Waals surface area (Å²) in [5.41, 5.74) is 0.894. The molecule has 38 heavy (non-hydrogen) atoms. The predicted octanol–water partition coefficient (Wildman–Crippen LogP) is 5.17. The van der Waals surface area contributed by atoms with Gasteiger partial charge in [0.15, 0.2) is 0 Å². The lowest BCUT2D eigenvalue weighted by Crippen LogP contribution is -2.62. The predicted molar refractivity (Wildman–Crippen MR) is 148 cm³/mol. The Morgan fingerprint density at radius 1 is 1.05 bits per heavy atom. The van der Waals surface area contributed by atoms with Crippen LogP contribution in [0.1, 0.15) is 78.0 Å². The molecule has 6 heteroatoms. The Labute approximate surface area is 227 Å². The number of hydrogen-bond donors (Lipinski definition) is 3. The molecular formula is C32H46N2O4. The molecule has 6 nitrogen and oxygen atoms in total. The second-order valence-corrected chi connectivity index (χ2v) is 13.8. The molecule has 1 unspecified atom stereocenters. The third-order valence-electron chi connectivity index (χ3n) is 12.2. The highest BCUT2D eigenvalue weighted by Gasteiger charge is 2.65. The van der Waals surface area contributed by atoms with Crippen molar-refractivity contribution in [2.75, 3.05) is 7.11 Å². The summed E-state index contributed by atoms with van der Waals surface area (Å²) in [7, 11) is 1.67. The highest BCUT2D eigenvalue weighted by atomic mass is 16.5. The summed E-state index contributed by atoms with van der Waals surface area (Å²) in [5.74, 6) is 3.88. The zero-order valence-corrected chi connectivity index (χ0v) is 23.5. The molecule has 4 aliphatic carbocycles. The molecule has 2 aromatic rings. The number of methoxy groups -OCH3 is 1. The van der Waals surface area contributed by atoms with Gasteiger partial charge in [-0.05, 0) is 116 Å². The Morgan fingerprint density at radius 2 is 1.87 bits per heavy atom. The summed E-state index contributed by atoms with van der Waals surface area (Å²) < 4.78 is 5.32. The van der Waals surface area contributed by atoms with Crippen LogP contribution in [0.5, 0.6) is 5.75 Å². The number of hydrogen-bond acceptors (Lipinski definition) is 6. The van der Waals surface area contributed by atoms with Crippen molar-refractivity contribution in [3.8, 4) is 5.75 Å². The van der Waals surface area contributed by atoms with E-state index in [0.717, 1.165) is 80.3 Å². The van der Waals surface area contributed by atoms with Gasteiger partial charge < -0.3 is 20.1 Å². The lowest BCUT2D eigenvalue weighted by molar-refractivity contribution is -0.207. The molecule has 0 amide bonds. The van der Waals surface area contributed by atoms with Crippen LogP contribution in [0.15, 0.2) is 24.4 Å². The average molecular weight is 523 g/mol. The minimum absolute atomic E-state index is 0.118. The Morgan fingerprint density at radius 3 is 2.66 bits per heavy atom. The van der Waals surface area contributed by atoms with E-state index < -0.39 is 0 Å². The number of aliphatic hydroxyl groups is 3. The monoisotopic (exact) mass is 522 g/mol. The normalized spacial score (nSPS) is 43.2. The molecule has 0 spiro atoms. The molecule has 6 rings (SSSR count). The molecule has 0 radical (unpaired) electrons. The molecule has 1 aromatic carbocycles. The lowest BCUT2D eigenvalue weighted by atomic mass is 9.43. The molecule has 4 saturated carbocycles. The fraction of sp³-hybridized carbons (Fsp3) is 0.750. The van der Waals surface area contributed by atoms with Crippen LogP contribution in [0.2, 0.25) is 0 Å². The van der Waals surface area contributed by atoms with Gasteiger partial charge in [-0.2, -0.15) is 0 Å². The first-order chi connectivity index (χ1) is 18.1. The minimum atomic E-state index is -0.342. The number of aliphatic hydroxyl groups excluding tert-OH is 3. The molecule has 1 aromatic heterocycles. The number of ether oxygens (including phenoxy) is 1. The van der Waals surface area contributed by atoms with Crippen LogP contribution in [0, 0.1) is 46.3 Å². The number of aryl methyl sites for hydroxylation is 1. The first-order valence-corrected chi connectivity index (χ1v) is 15.0. The van der Waals surface area contributed by atoms with Gasteiger partial charge in [-0.25, -0.2) is 9.97 Å². The van der Waals surface area contributed by atoms with Crippen molar-refractivity contribution in [2.24, 2.45) is 46.3 Å². The maximum Gasteiger partial charge on any atom is 0.128 e. The van der Waals surface area contributed by atoms with Crippen LogP contribution in [0.4, 0.5) is 0 Å². The van der Waals surface area contributed by atoms with E-state index in [1.54, 1.807) is 7.11 Å². The Bertz CT molecular complexity index is 1170. The molecule has 3 N–H and O–H groups in total. The van der Waals surface area contributed by atoms with E-state index in [1.165, 1.54) is 0 Å². The van der Waals surface area contributed by atoms with Crippen molar-refractivity contribution in [1.29, 1.82) is 0 Å². The summed E-state index contributed by atoms with van der Waals surface area (Å²) in [4.78, 5) is 9.45. The molecular weight excluding hydrogens is 476 g/mol. The quantitative estimate of drug-likeness (QED) is 0.502. The average Bonchev–Trinajstić information content (AvgIpc) is 3.27. The zero-order chi connectivity index (χ0) is 26.8. The molecule has 0 saturated heterocycles. The molecule has 4 aliphatic rings. The third kappa shape index (κ3) is 4.08. The Kier molecular flexibility index (Phi) is 6.76. The van der Waals surface area contributed by atoms with Gasteiger partial charge in [0.25, 0.3) is 0 Å². The first kappa shape index (κ1) is 26.5. The lowest BCUT2D eigenvalue weighted by Gasteiger charge is -2.63. The van der Waals surface area contributed by atoms with Crippen molar-refractivity contribution in [3.63, 3.8) is 0 Å². The number of fused-ring (bicyclic) bond motifs is 6. The van der Waals surface area contributed by atoms with Crippen LogP contribution in [-0.2, 0) is 6.42 Å². The topological polar surface area (TPSA) is 95.7 Å². The molecule has 0 aliphatic heterocycles. The van der Waals surface area contributed by atoms with Crippen LogP contribution in [0.3, 0.4) is 0 Å². The Balaban J connectivity index is 1.18. The van der Waals surface area contributed by atoms with Crippen molar-refractivity contribution in [3.05, 3.63) is 30.2 Å². The number of nitrogens with zero attached hydrogens (tertiary/aromatic N) is 2. The van der Waals surface area contributed by atoms with Crippen LogP contribution in [-0.4, -0.2) is 50.7 Å². The van der Waals surface area contributed by atoms with Crippen molar-refractivity contribution >= 4 is 10.9 Å². The number of rotatable bonds is 5. The van der Waals surface area contributed by atoms with E-state index in [1.807, 2.05) is 24.4 Å². The van der Waals surface area contributed by atoms with Crippen LogP contribution < -0.4 is 4.74 Å². The molecule has 1 heterocycles. The van der Waals surface area contributed by atoms with Crippen LogP contribution >= 0.6 is 0 Å². The summed E-state index contributed by atoms with van der Waals surface area (Å²) in [6.45, 7) is 7.08. The second-order valence-electron chi connectivity index (χ2n) is 13.8. The van der Waals surface area contributed by atoms with Crippen molar-refractivity contribution in [1.82, 2.24) is 9.97 Å².